The van der Waals surface area contributed by atoms with Crippen LogP contribution < -0.4 is 5.32 Å². The van der Waals surface area contributed by atoms with Crippen molar-refractivity contribution in [2.45, 2.75) is 51.0 Å². The molecule has 0 radical (unpaired) electrons. The molecule has 0 bridgehead atoms. The zero-order valence-electron chi connectivity index (χ0n) is 13.2. The van der Waals surface area contributed by atoms with Crippen LogP contribution in [0.25, 0.3) is 0 Å². The predicted molar refractivity (Wildman–Crippen MR) is 86.5 cm³/mol. The molecule has 0 aliphatic carbocycles. The smallest absolute Gasteiger partial charge is 0.412 e. The number of carbonyl (C=O) groups is 1. The van der Waals surface area contributed by atoms with Gasteiger partial charge >= 0.3 is 6.09 Å². The number of hydrogen-bond acceptors (Lipinski definition) is 3. The van der Waals surface area contributed by atoms with Gasteiger partial charge in [-0.15, -0.1) is 0 Å². The monoisotopic (exact) mass is 370 g/mol. The van der Waals surface area contributed by atoms with Crippen LogP contribution in [-0.2, 0) is 10.4 Å². The first-order valence-electron chi connectivity index (χ1n) is 7.35. The number of halogens is 2. The van der Waals surface area contributed by atoms with E-state index in [1.165, 1.54) is 4.90 Å². The van der Waals surface area contributed by atoms with Crippen LogP contribution in [-0.4, -0.2) is 28.8 Å². The number of nitrogens with zero attached hydrogens (tertiary/aromatic N) is 1. The molecule has 1 fully saturated rings. The van der Waals surface area contributed by atoms with E-state index in [1.54, 1.807) is 27.7 Å². The van der Waals surface area contributed by atoms with Crippen LogP contribution in [0.5, 0.6) is 0 Å². The molecule has 0 aromatic heterocycles. The molecule has 2 heterocycles. The highest BCUT2D eigenvalue weighted by Gasteiger charge is 2.65. The Morgan fingerprint density at radius 3 is 2.77 bits per heavy atom. The van der Waals surface area contributed by atoms with Gasteiger partial charge in [0.25, 0.3) is 0 Å². The van der Waals surface area contributed by atoms with Gasteiger partial charge in [-0.2, -0.15) is 0 Å². The second-order valence-corrected chi connectivity index (χ2v) is 7.90. The molecular weight excluding hydrogens is 351 g/mol. The second-order valence-electron chi connectivity index (χ2n) is 7.04. The maximum absolute atomic E-state index is 15.8. The molecule has 120 valence electrons. The summed E-state index contributed by atoms with van der Waals surface area (Å²) in [6, 6.07) is 5.50. The lowest BCUT2D eigenvalue weighted by Gasteiger charge is -2.38. The zero-order chi connectivity index (χ0) is 16.3. The van der Waals surface area contributed by atoms with E-state index in [1.807, 2.05) is 18.2 Å². The topological polar surface area (TPSA) is 41.6 Å². The third kappa shape index (κ3) is 2.03. The molecular formula is C16H20BrFN2O2. The van der Waals surface area contributed by atoms with Crippen molar-refractivity contribution in [3.8, 4) is 0 Å². The van der Waals surface area contributed by atoms with Crippen LogP contribution in [0.2, 0.25) is 0 Å². The summed E-state index contributed by atoms with van der Waals surface area (Å²) >= 11 is 3.43. The minimum absolute atomic E-state index is 0.241. The van der Waals surface area contributed by atoms with Gasteiger partial charge in [0, 0.05) is 28.7 Å². The van der Waals surface area contributed by atoms with Crippen molar-refractivity contribution in [1.82, 2.24) is 4.90 Å². The fourth-order valence-electron chi connectivity index (χ4n) is 3.37. The van der Waals surface area contributed by atoms with Crippen molar-refractivity contribution >= 4 is 27.7 Å². The summed E-state index contributed by atoms with van der Waals surface area (Å²) in [5.74, 6) is 0. The molecule has 0 unspecified atom stereocenters. The third-order valence-corrected chi connectivity index (χ3v) is 5.05. The highest BCUT2D eigenvalue weighted by Crippen LogP contribution is 2.58. The van der Waals surface area contributed by atoms with Gasteiger partial charge < -0.3 is 10.1 Å². The maximum atomic E-state index is 15.8. The number of likely N-dealkylation sites (tertiary alicyclic amines) is 1. The quantitative estimate of drug-likeness (QED) is 0.735. The molecule has 2 aliphatic rings. The fraction of sp³-hybridized carbons (Fsp3) is 0.562. The van der Waals surface area contributed by atoms with Crippen molar-refractivity contribution in [1.29, 1.82) is 0 Å². The molecule has 1 N–H and O–H groups in total. The summed E-state index contributed by atoms with van der Waals surface area (Å²) in [6.07, 6.45) is -0.253. The van der Waals surface area contributed by atoms with Gasteiger partial charge in [-0.05, 0) is 39.8 Å². The summed E-state index contributed by atoms with van der Waals surface area (Å²) < 4.78 is 22.0. The summed E-state index contributed by atoms with van der Waals surface area (Å²) in [6.45, 7) is 7.45. The summed E-state index contributed by atoms with van der Waals surface area (Å²) in [5.41, 5.74) is -2.08. The Hall–Kier alpha value is -1.30. The summed E-state index contributed by atoms with van der Waals surface area (Å²) in [5, 5.41) is 3.19. The Balaban J connectivity index is 1.99. The van der Waals surface area contributed by atoms with E-state index in [4.69, 9.17) is 4.74 Å². The van der Waals surface area contributed by atoms with Crippen LogP contribution in [0.1, 0.15) is 39.7 Å². The van der Waals surface area contributed by atoms with Gasteiger partial charge in [0.15, 0.2) is 11.3 Å². The Bertz CT molecular complexity index is 646. The molecule has 4 nitrogen and oxygen atoms in total. The molecule has 3 rings (SSSR count). The van der Waals surface area contributed by atoms with E-state index in [-0.39, 0.29) is 6.42 Å². The lowest BCUT2D eigenvalue weighted by atomic mass is 9.88. The molecule has 1 aromatic rings. The lowest BCUT2D eigenvalue weighted by Crippen LogP contribution is -2.56. The first-order valence-corrected chi connectivity index (χ1v) is 8.14. The average Bonchev–Trinajstić information content (AvgIpc) is 2.72. The number of hydrogen-bond donors (Lipinski definition) is 1. The van der Waals surface area contributed by atoms with E-state index in [0.717, 1.165) is 4.47 Å². The number of fused-ring (bicyclic) bond motifs is 3. The summed E-state index contributed by atoms with van der Waals surface area (Å²) in [4.78, 5) is 13.9. The number of rotatable bonds is 0. The van der Waals surface area contributed by atoms with E-state index < -0.39 is 23.0 Å². The SMILES string of the molecule is CC(C)(C)OC(=O)N1CC[C@@]2(F)c3c(Br)cccc3N[C@@]12C. The highest BCUT2D eigenvalue weighted by molar-refractivity contribution is 9.10. The molecule has 1 amide bonds. The number of amides is 1. The third-order valence-electron chi connectivity index (χ3n) is 4.39. The first-order chi connectivity index (χ1) is 10.1. The van der Waals surface area contributed by atoms with E-state index >= 15 is 4.39 Å². The van der Waals surface area contributed by atoms with Gasteiger partial charge in [0.05, 0.1) is 0 Å². The molecule has 2 atom stereocenters. The molecule has 1 saturated heterocycles. The molecule has 6 heteroatoms. The number of carbonyl (C=O) groups excluding carboxylic acids is 1. The fourth-order valence-corrected chi connectivity index (χ4v) is 4.05. The zero-order valence-corrected chi connectivity index (χ0v) is 14.8. The van der Waals surface area contributed by atoms with Crippen molar-refractivity contribution in [3.63, 3.8) is 0 Å². The van der Waals surface area contributed by atoms with Gasteiger partial charge in [-0.1, -0.05) is 22.0 Å². The number of nitrogens with one attached hydrogen (secondary N) is 1. The first kappa shape index (κ1) is 15.6. The van der Waals surface area contributed by atoms with Crippen LogP contribution in [0.3, 0.4) is 0 Å². The minimum atomic E-state index is -1.64. The van der Waals surface area contributed by atoms with Crippen molar-refractivity contribution in [3.05, 3.63) is 28.2 Å². The standard InChI is InChI=1S/C16H20BrFN2O2/c1-14(2,3)22-13(21)20-9-8-16(18)12-10(17)6-5-7-11(12)19-15(16,20)4/h5-7,19H,8-9H2,1-4H3/t15-,16+/m0/s1. The number of benzene rings is 1. The van der Waals surface area contributed by atoms with Gasteiger partial charge in [-0.3, -0.25) is 4.90 Å². The summed E-state index contributed by atoms with van der Waals surface area (Å²) in [7, 11) is 0. The number of alkyl halides is 1. The number of ether oxygens (including phenoxy) is 1. The predicted octanol–water partition coefficient (Wildman–Crippen LogP) is 4.40. The van der Waals surface area contributed by atoms with Crippen molar-refractivity contribution in [2.24, 2.45) is 0 Å². The van der Waals surface area contributed by atoms with Crippen molar-refractivity contribution in [2.75, 3.05) is 11.9 Å². The van der Waals surface area contributed by atoms with E-state index in [9.17, 15) is 4.79 Å². The Morgan fingerprint density at radius 2 is 2.14 bits per heavy atom. The molecule has 0 saturated carbocycles. The molecule has 0 spiro atoms. The molecule has 2 aliphatic heterocycles. The molecule has 1 aromatic carbocycles. The Labute approximate surface area is 138 Å². The average molecular weight is 371 g/mol. The number of anilines is 1. The van der Waals surface area contributed by atoms with Crippen LogP contribution in [0, 0.1) is 0 Å². The normalized spacial score (nSPS) is 29.8. The van der Waals surface area contributed by atoms with Crippen LogP contribution in [0.4, 0.5) is 14.9 Å². The van der Waals surface area contributed by atoms with Crippen LogP contribution in [0.15, 0.2) is 22.7 Å². The van der Waals surface area contributed by atoms with E-state index in [0.29, 0.717) is 17.8 Å². The van der Waals surface area contributed by atoms with Gasteiger partial charge in [0.2, 0.25) is 0 Å². The van der Waals surface area contributed by atoms with Gasteiger partial charge in [-0.25, -0.2) is 9.18 Å². The van der Waals surface area contributed by atoms with Crippen LogP contribution >= 0.6 is 15.9 Å². The van der Waals surface area contributed by atoms with Crippen molar-refractivity contribution < 1.29 is 13.9 Å². The van der Waals surface area contributed by atoms with E-state index in [2.05, 4.69) is 21.2 Å². The minimum Gasteiger partial charge on any atom is -0.444 e. The Morgan fingerprint density at radius 1 is 1.45 bits per heavy atom. The van der Waals surface area contributed by atoms with Gasteiger partial charge in [0.1, 0.15) is 5.60 Å². The Kier molecular flexibility index (Phi) is 3.26. The highest BCUT2D eigenvalue weighted by atomic mass is 79.9. The second kappa shape index (κ2) is 4.60. The molecule has 22 heavy (non-hydrogen) atoms. The maximum Gasteiger partial charge on any atom is 0.412 e. The largest absolute Gasteiger partial charge is 0.444 e. The lowest BCUT2D eigenvalue weighted by molar-refractivity contribution is -0.00617.